The molecule has 3 rings (SSSR count). The SMILES string of the molecule is CCC(=O)N1CCc2ccc(OCC(=O)NCC(C)C)cc2[C@H]1c1ccccc1. The highest BCUT2D eigenvalue weighted by Crippen LogP contribution is 2.37. The summed E-state index contributed by atoms with van der Waals surface area (Å²) in [7, 11) is 0. The van der Waals surface area contributed by atoms with Crippen LogP contribution in [0, 0.1) is 5.92 Å². The van der Waals surface area contributed by atoms with Crippen LogP contribution in [0.15, 0.2) is 48.5 Å². The monoisotopic (exact) mass is 394 g/mol. The van der Waals surface area contributed by atoms with Crippen molar-refractivity contribution in [2.45, 2.75) is 39.7 Å². The molecule has 5 heteroatoms. The minimum atomic E-state index is -0.134. The lowest BCUT2D eigenvalue weighted by atomic mass is 9.87. The third-order valence-electron chi connectivity index (χ3n) is 5.16. The Morgan fingerprint density at radius 1 is 1.17 bits per heavy atom. The van der Waals surface area contributed by atoms with Gasteiger partial charge in [-0.05, 0) is 41.2 Å². The first-order valence-corrected chi connectivity index (χ1v) is 10.4. The van der Waals surface area contributed by atoms with E-state index in [2.05, 4.69) is 37.4 Å². The third-order valence-corrected chi connectivity index (χ3v) is 5.16. The van der Waals surface area contributed by atoms with Gasteiger partial charge in [-0.1, -0.05) is 57.2 Å². The van der Waals surface area contributed by atoms with Gasteiger partial charge in [0.15, 0.2) is 6.61 Å². The topological polar surface area (TPSA) is 58.6 Å². The molecule has 0 bridgehead atoms. The molecule has 0 radical (unpaired) electrons. The van der Waals surface area contributed by atoms with Crippen LogP contribution in [0.3, 0.4) is 0 Å². The number of benzene rings is 2. The lowest BCUT2D eigenvalue weighted by molar-refractivity contribution is -0.133. The van der Waals surface area contributed by atoms with Crippen LogP contribution in [0.5, 0.6) is 5.75 Å². The van der Waals surface area contributed by atoms with Crippen LogP contribution in [0.25, 0.3) is 0 Å². The standard InChI is InChI=1S/C24H30N2O3/c1-4-23(28)26-13-12-18-10-11-20(29-16-22(27)25-15-17(2)3)14-21(18)24(26)19-8-6-5-7-9-19/h5-11,14,17,24H,4,12-13,15-16H2,1-3H3,(H,25,27)/t24-/m1/s1. The number of nitrogens with zero attached hydrogens (tertiary/aromatic N) is 1. The molecule has 0 aromatic heterocycles. The quantitative estimate of drug-likeness (QED) is 0.779. The summed E-state index contributed by atoms with van der Waals surface area (Å²) in [6, 6.07) is 15.9. The van der Waals surface area contributed by atoms with Crippen LogP contribution < -0.4 is 10.1 Å². The normalized spacial score (nSPS) is 15.7. The van der Waals surface area contributed by atoms with Gasteiger partial charge in [-0.15, -0.1) is 0 Å². The first kappa shape index (κ1) is 20.9. The van der Waals surface area contributed by atoms with Crippen molar-refractivity contribution in [1.29, 1.82) is 0 Å². The first-order valence-electron chi connectivity index (χ1n) is 10.4. The van der Waals surface area contributed by atoms with Crippen LogP contribution in [0.1, 0.15) is 49.9 Å². The van der Waals surface area contributed by atoms with E-state index in [4.69, 9.17) is 4.74 Å². The third kappa shape index (κ3) is 5.17. The summed E-state index contributed by atoms with van der Waals surface area (Å²) in [6.45, 7) is 7.33. The number of carbonyl (C=O) groups excluding carboxylic acids is 2. The minimum Gasteiger partial charge on any atom is -0.484 e. The number of nitrogens with one attached hydrogen (secondary N) is 1. The molecule has 0 aliphatic carbocycles. The van der Waals surface area contributed by atoms with Gasteiger partial charge in [0.05, 0.1) is 6.04 Å². The Kier molecular flexibility index (Phi) is 6.91. The minimum absolute atomic E-state index is 0.0148. The van der Waals surface area contributed by atoms with Crippen LogP contribution in [-0.2, 0) is 16.0 Å². The molecule has 2 aromatic carbocycles. The largest absolute Gasteiger partial charge is 0.484 e. The van der Waals surface area contributed by atoms with Gasteiger partial charge in [0.25, 0.3) is 5.91 Å². The van der Waals surface area contributed by atoms with E-state index in [1.54, 1.807) is 0 Å². The predicted octanol–water partition coefficient (Wildman–Crippen LogP) is 3.72. The molecule has 2 aromatic rings. The number of hydrogen-bond donors (Lipinski definition) is 1. The number of hydrogen-bond acceptors (Lipinski definition) is 3. The molecular weight excluding hydrogens is 364 g/mol. The Balaban J connectivity index is 1.84. The molecule has 1 heterocycles. The summed E-state index contributed by atoms with van der Waals surface area (Å²) < 4.78 is 5.76. The fraction of sp³-hybridized carbons (Fsp3) is 0.417. The van der Waals surface area contributed by atoms with Crippen molar-refractivity contribution in [3.8, 4) is 5.75 Å². The van der Waals surface area contributed by atoms with Crippen molar-refractivity contribution < 1.29 is 14.3 Å². The van der Waals surface area contributed by atoms with Gasteiger partial charge in [0, 0.05) is 19.5 Å². The van der Waals surface area contributed by atoms with E-state index >= 15 is 0 Å². The van der Waals surface area contributed by atoms with Gasteiger partial charge in [-0.25, -0.2) is 0 Å². The van der Waals surface area contributed by atoms with Crippen LogP contribution >= 0.6 is 0 Å². The van der Waals surface area contributed by atoms with Gasteiger partial charge in [0.1, 0.15) is 5.75 Å². The molecule has 0 fully saturated rings. The first-order chi connectivity index (χ1) is 14.0. The molecule has 0 spiro atoms. The summed E-state index contributed by atoms with van der Waals surface area (Å²) in [5.41, 5.74) is 3.38. The van der Waals surface area contributed by atoms with Gasteiger partial charge in [0.2, 0.25) is 5.91 Å². The molecule has 0 saturated carbocycles. The highest BCUT2D eigenvalue weighted by Gasteiger charge is 2.31. The highest BCUT2D eigenvalue weighted by molar-refractivity contribution is 5.78. The van der Waals surface area contributed by atoms with E-state index < -0.39 is 0 Å². The number of rotatable bonds is 7. The number of amides is 2. The van der Waals surface area contributed by atoms with Crippen molar-refractivity contribution in [2.75, 3.05) is 19.7 Å². The molecule has 29 heavy (non-hydrogen) atoms. The molecule has 154 valence electrons. The van der Waals surface area contributed by atoms with E-state index in [1.165, 1.54) is 5.56 Å². The molecule has 1 aliphatic rings. The van der Waals surface area contributed by atoms with Crippen molar-refractivity contribution in [3.63, 3.8) is 0 Å². The van der Waals surface area contributed by atoms with E-state index in [0.717, 1.165) is 17.5 Å². The van der Waals surface area contributed by atoms with Crippen molar-refractivity contribution in [1.82, 2.24) is 10.2 Å². The fourth-order valence-electron chi connectivity index (χ4n) is 3.67. The zero-order valence-corrected chi connectivity index (χ0v) is 17.5. The van der Waals surface area contributed by atoms with Gasteiger partial charge in [-0.2, -0.15) is 0 Å². The fourth-order valence-corrected chi connectivity index (χ4v) is 3.67. The zero-order valence-electron chi connectivity index (χ0n) is 17.5. The van der Waals surface area contributed by atoms with E-state index in [-0.39, 0.29) is 24.5 Å². The molecule has 2 amide bonds. The predicted molar refractivity (Wildman–Crippen MR) is 114 cm³/mol. The Morgan fingerprint density at radius 2 is 1.93 bits per heavy atom. The smallest absolute Gasteiger partial charge is 0.257 e. The second kappa shape index (κ2) is 9.59. The maximum atomic E-state index is 12.6. The van der Waals surface area contributed by atoms with Crippen molar-refractivity contribution in [3.05, 3.63) is 65.2 Å². The summed E-state index contributed by atoms with van der Waals surface area (Å²) in [6.07, 6.45) is 1.30. The number of carbonyl (C=O) groups is 2. The lowest BCUT2D eigenvalue weighted by Crippen LogP contribution is -2.40. The summed E-state index contributed by atoms with van der Waals surface area (Å²) in [4.78, 5) is 26.6. The number of ether oxygens (including phenoxy) is 1. The number of fused-ring (bicyclic) bond motifs is 1. The Hall–Kier alpha value is -2.82. The van der Waals surface area contributed by atoms with Crippen LogP contribution in [-0.4, -0.2) is 36.4 Å². The van der Waals surface area contributed by atoms with Gasteiger partial charge in [-0.3, -0.25) is 9.59 Å². The summed E-state index contributed by atoms with van der Waals surface area (Å²) in [5.74, 6) is 1.06. The van der Waals surface area contributed by atoms with Crippen LogP contribution in [0.4, 0.5) is 0 Å². The zero-order chi connectivity index (χ0) is 20.8. The molecule has 5 nitrogen and oxygen atoms in total. The average Bonchev–Trinajstić information content (AvgIpc) is 2.75. The second-order valence-corrected chi connectivity index (χ2v) is 7.85. The van der Waals surface area contributed by atoms with Crippen LogP contribution in [0.2, 0.25) is 0 Å². The molecule has 0 saturated heterocycles. The lowest BCUT2D eigenvalue weighted by Gasteiger charge is -2.38. The summed E-state index contributed by atoms with van der Waals surface area (Å²) in [5, 5.41) is 2.86. The Bertz CT molecular complexity index is 848. The highest BCUT2D eigenvalue weighted by atomic mass is 16.5. The maximum Gasteiger partial charge on any atom is 0.257 e. The van der Waals surface area contributed by atoms with Gasteiger partial charge < -0.3 is 15.0 Å². The van der Waals surface area contributed by atoms with Gasteiger partial charge >= 0.3 is 0 Å². The average molecular weight is 395 g/mol. The molecule has 1 N–H and O–H groups in total. The molecule has 0 unspecified atom stereocenters. The van der Waals surface area contributed by atoms with E-state index in [0.29, 0.717) is 31.2 Å². The molecule has 1 atom stereocenters. The van der Waals surface area contributed by atoms with Crippen molar-refractivity contribution in [2.24, 2.45) is 5.92 Å². The molecular formula is C24H30N2O3. The molecule has 1 aliphatic heterocycles. The Morgan fingerprint density at radius 3 is 2.62 bits per heavy atom. The summed E-state index contributed by atoms with van der Waals surface area (Å²) >= 11 is 0. The van der Waals surface area contributed by atoms with E-state index in [9.17, 15) is 9.59 Å². The second-order valence-electron chi connectivity index (χ2n) is 7.85. The maximum absolute atomic E-state index is 12.6. The Labute approximate surface area is 173 Å². The van der Waals surface area contributed by atoms with E-state index in [1.807, 2.05) is 42.2 Å². The van der Waals surface area contributed by atoms with Crippen molar-refractivity contribution >= 4 is 11.8 Å².